The maximum absolute atomic E-state index is 5.44. The molecule has 0 saturated heterocycles. The second kappa shape index (κ2) is 7.06. The highest BCUT2D eigenvalue weighted by atomic mass is 16.5. The Balaban J connectivity index is 2.44. The molecule has 0 saturated carbocycles. The van der Waals surface area contributed by atoms with Crippen LogP contribution in [0.4, 0.5) is 11.4 Å². The summed E-state index contributed by atoms with van der Waals surface area (Å²) in [4.78, 5) is 4.16. The van der Waals surface area contributed by atoms with Crippen molar-refractivity contribution >= 4 is 11.4 Å². The van der Waals surface area contributed by atoms with Crippen molar-refractivity contribution in [3.05, 3.63) is 18.5 Å². The van der Waals surface area contributed by atoms with E-state index in [1.165, 1.54) is 0 Å². The third-order valence-electron chi connectivity index (χ3n) is 2.16. The molecule has 0 radical (unpaired) electrons. The summed E-state index contributed by atoms with van der Waals surface area (Å²) in [7, 11) is 0. The van der Waals surface area contributed by atoms with E-state index in [0.29, 0.717) is 0 Å². The highest BCUT2D eigenvalue weighted by Crippen LogP contribution is 2.12. The van der Waals surface area contributed by atoms with E-state index in [0.717, 1.165) is 31.1 Å². The van der Waals surface area contributed by atoms with Crippen molar-refractivity contribution in [2.75, 3.05) is 30.3 Å². The molecule has 1 heterocycles. The van der Waals surface area contributed by atoms with E-state index in [1.807, 2.05) is 19.3 Å². The first-order valence-electron chi connectivity index (χ1n) is 5.80. The van der Waals surface area contributed by atoms with Crippen molar-refractivity contribution in [3.63, 3.8) is 0 Å². The lowest BCUT2D eigenvalue weighted by Crippen LogP contribution is -2.19. The van der Waals surface area contributed by atoms with Crippen LogP contribution < -0.4 is 10.6 Å². The lowest BCUT2D eigenvalue weighted by Gasteiger charge is -2.14. The molecular weight excluding hydrogens is 202 g/mol. The van der Waals surface area contributed by atoms with E-state index in [1.54, 1.807) is 0 Å². The predicted octanol–water partition coefficient (Wildman–Crippen LogP) is 2.35. The van der Waals surface area contributed by atoms with Gasteiger partial charge in [-0.05, 0) is 26.8 Å². The molecule has 16 heavy (non-hydrogen) atoms. The Labute approximate surface area is 97.4 Å². The summed E-state index contributed by atoms with van der Waals surface area (Å²) in [5.74, 6) is 0. The van der Waals surface area contributed by atoms with Crippen LogP contribution in [0.2, 0.25) is 0 Å². The minimum atomic E-state index is 0.216. The van der Waals surface area contributed by atoms with Gasteiger partial charge in [-0.3, -0.25) is 4.98 Å². The second-order valence-electron chi connectivity index (χ2n) is 3.64. The highest BCUT2D eigenvalue weighted by Gasteiger charge is 2.01. The van der Waals surface area contributed by atoms with E-state index >= 15 is 0 Å². The maximum atomic E-state index is 5.44. The Morgan fingerprint density at radius 2 is 1.94 bits per heavy atom. The van der Waals surface area contributed by atoms with Gasteiger partial charge in [-0.25, -0.2) is 0 Å². The first kappa shape index (κ1) is 12.8. The van der Waals surface area contributed by atoms with Gasteiger partial charge in [0.2, 0.25) is 0 Å². The van der Waals surface area contributed by atoms with E-state index in [2.05, 4.69) is 35.5 Å². The Kier molecular flexibility index (Phi) is 5.64. The van der Waals surface area contributed by atoms with Crippen molar-refractivity contribution in [1.82, 2.24) is 4.98 Å². The monoisotopic (exact) mass is 223 g/mol. The van der Waals surface area contributed by atoms with Crippen LogP contribution >= 0.6 is 0 Å². The molecule has 90 valence electrons. The minimum absolute atomic E-state index is 0.216. The van der Waals surface area contributed by atoms with Crippen LogP contribution in [-0.2, 0) is 4.74 Å². The summed E-state index contributed by atoms with van der Waals surface area (Å²) in [5.41, 5.74) is 2.06. The largest absolute Gasteiger partial charge is 0.384 e. The summed E-state index contributed by atoms with van der Waals surface area (Å²) in [6.07, 6.45) is 3.85. The number of nitrogens with one attached hydrogen (secondary N) is 2. The lowest BCUT2D eigenvalue weighted by molar-refractivity contribution is 0.0855. The van der Waals surface area contributed by atoms with Gasteiger partial charge in [0.15, 0.2) is 0 Å². The molecule has 1 rings (SSSR count). The molecule has 4 heteroatoms. The quantitative estimate of drug-likeness (QED) is 0.745. The van der Waals surface area contributed by atoms with Crippen LogP contribution in [-0.4, -0.2) is 30.8 Å². The van der Waals surface area contributed by atoms with Crippen molar-refractivity contribution in [3.8, 4) is 0 Å². The normalized spacial score (nSPS) is 12.2. The maximum Gasteiger partial charge on any atom is 0.0719 e. The van der Waals surface area contributed by atoms with Crippen molar-refractivity contribution in [2.24, 2.45) is 0 Å². The SMILES string of the molecule is CCNc1cncc(NCC(C)OCC)c1. The Bertz CT molecular complexity index is 304. The zero-order valence-corrected chi connectivity index (χ0v) is 10.3. The Hall–Kier alpha value is -1.29. The summed E-state index contributed by atoms with van der Waals surface area (Å²) in [6.45, 7) is 8.57. The van der Waals surface area contributed by atoms with Crippen molar-refractivity contribution in [2.45, 2.75) is 26.9 Å². The summed E-state index contributed by atoms with van der Waals surface area (Å²) in [5, 5.41) is 6.53. The van der Waals surface area contributed by atoms with E-state index < -0.39 is 0 Å². The number of aromatic nitrogens is 1. The van der Waals surface area contributed by atoms with Crippen LogP contribution in [0, 0.1) is 0 Å². The number of rotatable bonds is 7. The predicted molar refractivity (Wildman–Crippen MR) is 68.0 cm³/mol. The molecule has 0 amide bonds. The van der Waals surface area contributed by atoms with Gasteiger partial charge in [0.05, 0.1) is 29.9 Å². The third kappa shape index (κ3) is 4.49. The topological polar surface area (TPSA) is 46.2 Å². The van der Waals surface area contributed by atoms with Crippen LogP contribution in [0.3, 0.4) is 0 Å². The molecule has 1 aromatic heterocycles. The lowest BCUT2D eigenvalue weighted by atomic mass is 10.3. The molecule has 1 unspecified atom stereocenters. The molecule has 0 aliphatic heterocycles. The standard InChI is InChI=1S/C12H21N3O/c1-4-14-11-6-12(9-13-8-11)15-7-10(3)16-5-2/h6,8-10,14-15H,4-5,7H2,1-3H3. The Morgan fingerprint density at radius 3 is 2.56 bits per heavy atom. The van der Waals surface area contributed by atoms with Crippen molar-refractivity contribution < 1.29 is 4.74 Å². The second-order valence-corrected chi connectivity index (χ2v) is 3.64. The van der Waals surface area contributed by atoms with Gasteiger partial charge in [0.25, 0.3) is 0 Å². The molecule has 0 aliphatic carbocycles. The highest BCUT2D eigenvalue weighted by molar-refractivity contribution is 5.53. The summed E-state index contributed by atoms with van der Waals surface area (Å²) >= 11 is 0. The fourth-order valence-electron chi connectivity index (χ4n) is 1.44. The van der Waals surface area contributed by atoms with Crippen LogP contribution in [0.25, 0.3) is 0 Å². The molecule has 1 atom stereocenters. The molecule has 0 aliphatic rings. The zero-order chi connectivity index (χ0) is 11.8. The molecular formula is C12H21N3O. The number of anilines is 2. The molecule has 4 nitrogen and oxygen atoms in total. The number of hydrogen-bond acceptors (Lipinski definition) is 4. The first-order valence-corrected chi connectivity index (χ1v) is 5.80. The zero-order valence-electron chi connectivity index (χ0n) is 10.3. The van der Waals surface area contributed by atoms with Gasteiger partial charge in [-0.15, -0.1) is 0 Å². The van der Waals surface area contributed by atoms with Gasteiger partial charge in [-0.2, -0.15) is 0 Å². The van der Waals surface area contributed by atoms with Crippen LogP contribution in [0.1, 0.15) is 20.8 Å². The smallest absolute Gasteiger partial charge is 0.0719 e. The van der Waals surface area contributed by atoms with Crippen molar-refractivity contribution in [1.29, 1.82) is 0 Å². The van der Waals surface area contributed by atoms with Gasteiger partial charge in [0.1, 0.15) is 0 Å². The van der Waals surface area contributed by atoms with Gasteiger partial charge in [0, 0.05) is 19.7 Å². The third-order valence-corrected chi connectivity index (χ3v) is 2.16. The first-order chi connectivity index (χ1) is 7.76. The molecule has 1 aromatic rings. The minimum Gasteiger partial charge on any atom is -0.384 e. The van der Waals surface area contributed by atoms with E-state index in [9.17, 15) is 0 Å². The van der Waals surface area contributed by atoms with Crippen LogP contribution in [0.5, 0.6) is 0 Å². The molecule has 0 aromatic carbocycles. The Morgan fingerprint density at radius 1 is 1.25 bits per heavy atom. The summed E-state index contributed by atoms with van der Waals surface area (Å²) < 4.78 is 5.44. The average Bonchev–Trinajstić information content (AvgIpc) is 2.28. The number of pyridine rings is 1. The van der Waals surface area contributed by atoms with Gasteiger partial charge < -0.3 is 15.4 Å². The van der Waals surface area contributed by atoms with E-state index in [-0.39, 0.29) is 6.10 Å². The number of ether oxygens (including phenoxy) is 1. The summed E-state index contributed by atoms with van der Waals surface area (Å²) in [6, 6.07) is 2.05. The average molecular weight is 223 g/mol. The molecule has 0 bridgehead atoms. The molecule has 0 fully saturated rings. The number of nitrogens with zero attached hydrogens (tertiary/aromatic N) is 1. The number of hydrogen-bond donors (Lipinski definition) is 2. The van der Waals surface area contributed by atoms with Gasteiger partial charge >= 0.3 is 0 Å². The van der Waals surface area contributed by atoms with Gasteiger partial charge in [-0.1, -0.05) is 0 Å². The molecule has 2 N–H and O–H groups in total. The fraction of sp³-hybridized carbons (Fsp3) is 0.583. The molecule has 0 spiro atoms. The fourth-order valence-corrected chi connectivity index (χ4v) is 1.44. The van der Waals surface area contributed by atoms with E-state index in [4.69, 9.17) is 4.74 Å². The van der Waals surface area contributed by atoms with Crippen LogP contribution in [0.15, 0.2) is 18.5 Å².